The van der Waals surface area contributed by atoms with E-state index in [2.05, 4.69) is 10.3 Å². The number of carbonyl (C=O) groups excluding carboxylic acids is 2. The van der Waals surface area contributed by atoms with Crippen LogP contribution in [0, 0.1) is 5.82 Å². The molecule has 0 aliphatic carbocycles. The van der Waals surface area contributed by atoms with Crippen LogP contribution >= 0.6 is 22.9 Å². The highest BCUT2D eigenvalue weighted by atomic mass is 35.5. The summed E-state index contributed by atoms with van der Waals surface area (Å²) in [5.74, 6) is -1.39. The van der Waals surface area contributed by atoms with E-state index in [0.29, 0.717) is 23.0 Å². The molecular weight excluding hydrogens is 403 g/mol. The van der Waals surface area contributed by atoms with E-state index in [0.717, 1.165) is 11.1 Å². The van der Waals surface area contributed by atoms with Crippen LogP contribution < -0.4 is 5.32 Å². The van der Waals surface area contributed by atoms with Gasteiger partial charge >= 0.3 is 5.97 Å². The van der Waals surface area contributed by atoms with Crippen molar-refractivity contribution < 1.29 is 18.7 Å². The van der Waals surface area contributed by atoms with Gasteiger partial charge in [-0.2, -0.15) is 0 Å². The number of carbonyl (C=O) groups is 2. The molecule has 2 aromatic carbocycles. The molecule has 0 aliphatic heterocycles. The second kappa shape index (κ2) is 9.43. The molecule has 0 spiro atoms. The van der Waals surface area contributed by atoms with Gasteiger partial charge in [0.25, 0.3) is 5.91 Å². The Bertz CT molecular complexity index is 976. The number of hydrogen-bond donors (Lipinski definition) is 1. The molecule has 28 heavy (non-hydrogen) atoms. The lowest BCUT2D eigenvalue weighted by Gasteiger charge is -2.06. The lowest BCUT2D eigenvalue weighted by molar-refractivity contribution is -0.124. The molecular formula is C20H16ClFN2O3S. The summed E-state index contributed by atoms with van der Waals surface area (Å²) >= 11 is 7.25. The maximum atomic E-state index is 12.8. The van der Waals surface area contributed by atoms with Crippen molar-refractivity contribution in [3.63, 3.8) is 0 Å². The molecule has 1 N–H and O–H groups in total. The number of rotatable bonds is 7. The van der Waals surface area contributed by atoms with Gasteiger partial charge in [0, 0.05) is 22.5 Å². The molecule has 0 atom stereocenters. The number of halogens is 2. The third-order valence-electron chi connectivity index (χ3n) is 3.77. The quantitative estimate of drug-likeness (QED) is 0.586. The fourth-order valence-corrected chi connectivity index (χ4v) is 3.35. The third kappa shape index (κ3) is 5.61. The molecule has 1 heterocycles. The van der Waals surface area contributed by atoms with Crippen molar-refractivity contribution in [2.24, 2.45) is 0 Å². The Labute approximate surface area is 170 Å². The largest absolute Gasteiger partial charge is 0.451 e. The van der Waals surface area contributed by atoms with Crippen LogP contribution in [0.15, 0.2) is 53.9 Å². The first-order chi connectivity index (χ1) is 13.5. The van der Waals surface area contributed by atoms with Gasteiger partial charge in [-0.15, -0.1) is 11.3 Å². The molecule has 0 radical (unpaired) electrons. The summed E-state index contributed by atoms with van der Waals surface area (Å²) in [7, 11) is 0. The molecule has 0 fully saturated rings. The smallest absolute Gasteiger partial charge is 0.358 e. The summed E-state index contributed by atoms with van der Waals surface area (Å²) in [6.07, 6.45) is 0.551. The van der Waals surface area contributed by atoms with Gasteiger partial charge in [-0.1, -0.05) is 35.9 Å². The van der Waals surface area contributed by atoms with Gasteiger partial charge in [0.1, 0.15) is 10.8 Å². The Hall–Kier alpha value is -2.77. The highest BCUT2D eigenvalue weighted by Gasteiger charge is 2.15. The van der Waals surface area contributed by atoms with Gasteiger partial charge in [-0.05, 0) is 36.2 Å². The van der Waals surface area contributed by atoms with E-state index in [1.54, 1.807) is 35.7 Å². The van der Waals surface area contributed by atoms with E-state index < -0.39 is 18.5 Å². The first-order valence-corrected chi connectivity index (χ1v) is 9.67. The van der Waals surface area contributed by atoms with Crippen molar-refractivity contribution in [2.75, 3.05) is 13.2 Å². The van der Waals surface area contributed by atoms with Gasteiger partial charge in [0.2, 0.25) is 0 Å². The SMILES string of the molecule is O=C(COC(=O)c1csc(-c2cccc(Cl)c2)n1)NCCc1ccc(F)cc1. The van der Waals surface area contributed by atoms with Gasteiger partial charge < -0.3 is 10.1 Å². The first kappa shape index (κ1) is 20.0. The summed E-state index contributed by atoms with van der Waals surface area (Å²) in [6.45, 7) is -0.0378. The number of ether oxygens (including phenoxy) is 1. The van der Waals surface area contributed by atoms with Crippen molar-refractivity contribution in [2.45, 2.75) is 6.42 Å². The molecule has 0 unspecified atom stereocenters. The number of hydrogen-bond acceptors (Lipinski definition) is 5. The van der Waals surface area contributed by atoms with E-state index in [1.807, 2.05) is 6.07 Å². The highest BCUT2D eigenvalue weighted by Crippen LogP contribution is 2.26. The molecule has 8 heteroatoms. The third-order valence-corrected chi connectivity index (χ3v) is 4.89. The Morgan fingerprint density at radius 3 is 2.71 bits per heavy atom. The Morgan fingerprint density at radius 2 is 1.96 bits per heavy atom. The fourth-order valence-electron chi connectivity index (χ4n) is 2.37. The minimum absolute atomic E-state index is 0.138. The van der Waals surface area contributed by atoms with Gasteiger partial charge in [-0.3, -0.25) is 4.79 Å². The molecule has 3 aromatic rings. The number of benzene rings is 2. The number of nitrogens with one attached hydrogen (secondary N) is 1. The van der Waals surface area contributed by atoms with Crippen molar-refractivity contribution in [1.29, 1.82) is 0 Å². The maximum absolute atomic E-state index is 12.8. The number of nitrogens with zero attached hydrogens (tertiary/aromatic N) is 1. The van der Waals surface area contributed by atoms with Crippen molar-refractivity contribution in [3.8, 4) is 10.6 Å². The minimum Gasteiger partial charge on any atom is -0.451 e. The molecule has 0 saturated carbocycles. The fraction of sp³-hybridized carbons (Fsp3) is 0.150. The van der Waals surface area contributed by atoms with Crippen molar-refractivity contribution in [3.05, 3.63) is 76.0 Å². The molecule has 5 nitrogen and oxygen atoms in total. The highest BCUT2D eigenvalue weighted by molar-refractivity contribution is 7.13. The molecule has 0 bridgehead atoms. The number of thiazole rings is 1. The topological polar surface area (TPSA) is 68.3 Å². The standard InChI is InChI=1S/C20H16ClFN2O3S/c21-15-3-1-2-14(10-15)19-24-17(12-28-19)20(26)27-11-18(25)23-9-8-13-4-6-16(22)7-5-13/h1-7,10,12H,8-9,11H2,(H,23,25). The second-order valence-electron chi connectivity index (χ2n) is 5.85. The van der Waals surface area contributed by atoms with Crippen molar-refractivity contribution in [1.82, 2.24) is 10.3 Å². The number of aromatic nitrogens is 1. The maximum Gasteiger partial charge on any atom is 0.358 e. The molecule has 3 rings (SSSR count). The lowest BCUT2D eigenvalue weighted by atomic mass is 10.1. The van der Waals surface area contributed by atoms with Crippen LogP contribution in [0.3, 0.4) is 0 Å². The van der Waals surface area contributed by atoms with Crippen LogP contribution in [0.4, 0.5) is 4.39 Å². The molecule has 0 saturated heterocycles. The lowest BCUT2D eigenvalue weighted by Crippen LogP contribution is -2.30. The van der Waals surface area contributed by atoms with Crippen LogP contribution in [0.25, 0.3) is 10.6 Å². The summed E-state index contributed by atoms with van der Waals surface area (Å²) in [5.41, 5.74) is 1.84. The van der Waals surface area contributed by atoms with Crippen LogP contribution in [0.5, 0.6) is 0 Å². The average Bonchev–Trinajstić information content (AvgIpc) is 3.18. The summed E-state index contributed by atoms with van der Waals surface area (Å²) in [5, 5.41) is 5.44. The van der Waals surface area contributed by atoms with Crippen molar-refractivity contribution >= 4 is 34.8 Å². The monoisotopic (exact) mass is 418 g/mol. The number of amides is 1. The van der Waals surface area contributed by atoms with Gasteiger partial charge in [-0.25, -0.2) is 14.2 Å². The summed E-state index contributed by atoms with van der Waals surface area (Å²) < 4.78 is 17.8. The molecule has 1 aromatic heterocycles. The van der Waals surface area contributed by atoms with E-state index >= 15 is 0 Å². The zero-order valence-corrected chi connectivity index (χ0v) is 16.2. The summed E-state index contributed by atoms with van der Waals surface area (Å²) in [4.78, 5) is 28.1. The van der Waals surface area contributed by atoms with Crippen LogP contribution in [-0.2, 0) is 16.0 Å². The minimum atomic E-state index is -0.668. The van der Waals surface area contributed by atoms with E-state index in [1.165, 1.54) is 23.5 Å². The molecule has 0 aliphatic rings. The average molecular weight is 419 g/mol. The molecule has 1 amide bonds. The van der Waals surface area contributed by atoms with E-state index in [4.69, 9.17) is 16.3 Å². The summed E-state index contributed by atoms with van der Waals surface area (Å²) in [6, 6.07) is 13.2. The van der Waals surface area contributed by atoms with Crippen LogP contribution in [-0.4, -0.2) is 30.0 Å². The Balaban J connectivity index is 1.45. The molecule has 144 valence electrons. The Kier molecular flexibility index (Phi) is 6.73. The zero-order valence-electron chi connectivity index (χ0n) is 14.7. The second-order valence-corrected chi connectivity index (χ2v) is 7.15. The normalized spacial score (nSPS) is 10.5. The van der Waals surface area contributed by atoms with Gasteiger partial charge in [0.15, 0.2) is 12.3 Å². The predicted octanol–water partition coefficient (Wildman–Crippen LogP) is 4.12. The first-order valence-electron chi connectivity index (χ1n) is 8.41. The van der Waals surface area contributed by atoms with Gasteiger partial charge in [0.05, 0.1) is 0 Å². The Morgan fingerprint density at radius 1 is 1.18 bits per heavy atom. The van der Waals surface area contributed by atoms with E-state index in [9.17, 15) is 14.0 Å². The number of esters is 1. The van der Waals surface area contributed by atoms with E-state index in [-0.39, 0.29) is 11.5 Å². The van der Waals surface area contributed by atoms with Crippen LogP contribution in [0.1, 0.15) is 16.1 Å². The predicted molar refractivity (Wildman–Crippen MR) is 106 cm³/mol. The zero-order chi connectivity index (χ0) is 19.9. The van der Waals surface area contributed by atoms with Crippen LogP contribution in [0.2, 0.25) is 5.02 Å².